The Morgan fingerprint density at radius 3 is 2.61 bits per heavy atom. The van der Waals surface area contributed by atoms with Crippen molar-refractivity contribution in [2.24, 2.45) is 11.8 Å². The molecule has 1 saturated heterocycles. The van der Waals surface area contributed by atoms with Crippen molar-refractivity contribution in [2.75, 3.05) is 6.54 Å². The van der Waals surface area contributed by atoms with Crippen molar-refractivity contribution < 1.29 is 4.79 Å². The van der Waals surface area contributed by atoms with E-state index in [9.17, 15) is 4.79 Å². The molecule has 0 aromatic rings. The largest absolute Gasteiger partial charge is 0.338 e. The number of amides is 1. The molecule has 3 heteroatoms. The molecule has 2 saturated carbocycles. The molecule has 3 fully saturated rings. The van der Waals surface area contributed by atoms with Crippen LogP contribution in [-0.4, -0.2) is 35.5 Å². The zero-order valence-electron chi connectivity index (χ0n) is 11.7. The van der Waals surface area contributed by atoms with Crippen LogP contribution in [0.4, 0.5) is 0 Å². The van der Waals surface area contributed by atoms with Crippen molar-refractivity contribution in [2.45, 2.75) is 70.5 Å². The molecule has 0 aromatic heterocycles. The van der Waals surface area contributed by atoms with E-state index in [-0.39, 0.29) is 6.04 Å². The highest BCUT2D eigenvalue weighted by molar-refractivity contribution is 5.84. The summed E-state index contributed by atoms with van der Waals surface area (Å²) in [4.78, 5) is 14.7. The SMILES string of the molecule is CC1CCCC(N2CCC(NC3CC3)C2=O)C1C. The van der Waals surface area contributed by atoms with Crippen LogP contribution in [0.1, 0.15) is 52.4 Å². The Balaban J connectivity index is 1.63. The zero-order chi connectivity index (χ0) is 12.7. The summed E-state index contributed by atoms with van der Waals surface area (Å²) < 4.78 is 0. The maximum atomic E-state index is 12.5. The van der Waals surface area contributed by atoms with Crippen molar-refractivity contribution in [1.29, 1.82) is 0 Å². The summed E-state index contributed by atoms with van der Waals surface area (Å²) in [6.45, 7) is 5.66. The normalized spacial score (nSPS) is 41.4. The van der Waals surface area contributed by atoms with Gasteiger partial charge in [-0.1, -0.05) is 26.7 Å². The number of likely N-dealkylation sites (tertiary alicyclic amines) is 1. The number of hydrogen-bond donors (Lipinski definition) is 1. The van der Waals surface area contributed by atoms with E-state index >= 15 is 0 Å². The summed E-state index contributed by atoms with van der Waals surface area (Å²) in [6, 6.07) is 1.27. The maximum Gasteiger partial charge on any atom is 0.240 e. The second-order valence-corrected chi connectivity index (χ2v) is 6.65. The quantitative estimate of drug-likeness (QED) is 0.832. The fourth-order valence-corrected chi connectivity index (χ4v) is 3.71. The Morgan fingerprint density at radius 1 is 1.11 bits per heavy atom. The highest BCUT2D eigenvalue weighted by Gasteiger charge is 2.41. The predicted molar refractivity (Wildman–Crippen MR) is 72.2 cm³/mol. The monoisotopic (exact) mass is 250 g/mol. The lowest BCUT2D eigenvalue weighted by atomic mass is 9.77. The molecule has 1 N–H and O–H groups in total. The van der Waals surface area contributed by atoms with E-state index in [4.69, 9.17) is 0 Å². The van der Waals surface area contributed by atoms with Gasteiger partial charge in [-0.2, -0.15) is 0 Å². The molecule has 3 rings (SSSR count). The van der Waals surface area contributed by atoms with Gasteiger partial charge in [-0.15, -0.1) is 0 Å². The lowest BCUT2D eigenvalue weighted by molar-refractivity contribution is -0.133. The standard InChI is InChI=1S/C15H26N2O/c1-10-4-3-5-14(11(10)2)17-9-8-13(15(17)18)16-12-6-7-12/h10-14,16H,3-9H2,1-2H3. The Bertz CT molecular complexity index is 326. The van der Waals surface area contributed by atoms with Gasteiger partial charge >= 0.3 is 0 Å². The summed E-state index contributed by atoms with van der Waals surface area (Å²) in [7, 11) is 0. The number of hydrogen-bond acceptors (Lipinski definition) is 2. The molecule has 3 aliphatic rings. The minimum absolute atomic E-state index is 0.127. The van der Waals surface area contributed by atoms with Gasteiger partial charge in [0, 0.05) is 18.6 Å². The Labute approximate surface area is 110 Å². The van der Waals surface area contributed by atoms with Gasteiger partial charge in [0.2, 0.25) is 5.91 Å². The first-order chi connectivity index (χ1) is 8.66. The minimum atomic E-state index is 0.127. The van der Waals surface area contributed by atoms with Gasteiger partial charge in [0.15, 0.2) is 0 Å². The first-order valence-electron chi connectivity index (χ1n) is 7.73. The number of nitrogens with one attached hydrogen (secondary N) is 1. The van der Waals surface area contributed by atoms with E-state index in [0.29, 0.717) is 23.9 Å². The molecule has 1 aliphatic heterocycles. The molecule has 2 aliphatic carbocycles. The molecule has 0 aromatic carbocycles. The van der Waals surface area contributed by atoms with Crippen LogP contribution in [-0.2, 0) is 4.79 Å². The summed E-state index contributed by atoms with van der Waals surface area (Å²) in [5.41, 5.74) is 0. The molecule has 1 amide bonds. The van der Waals surface area contributed by atoms with E-state index in [1.807, 2.05) is 0 Å². The van der Waals surface area contributed by atoms with Crippen molar-refractivity contribution in [3.05, 3.63) is 0 Å². The summed E-state index contributed by atoms with van der Waals surface area (Å²) >= 11 is 0. The summed E-state index contributed by atoms with van der Waals surface area (Å²) in [5.74, 6) is 1.82. The van der Waals surface area contributed by atoms with Gasteiger partial charge in [-0.25, -0.2) is 0 Å². The van der Waals surface area contributed by atoms with E-state index in [1.54, 1.807) is 0 Å². The summed E-state index contributed by atoms with van der Waals surface area (Å²) in [5, 5.41) is 3.51. The van der Waals surface area contributed by atoms with Crippen LogP contribution in [0.5, 0.6) is 0 Å². The molecule has 4 unspecified atom stereocenters. The average Bonchev–Trinajstić information content (AvgIpc) is 3.09. The first-order valence-corrected chi connectivity index (χ1v) is 7.73. The van der Waals surface area contributed by atoms with Crippen LogP contribution in [0.25, 0.3) is 0 Å². The van der Waals surface area contributed by atoms with Crippen LogP contribution in [0, 0.1) is 11.8 Å². The van der Waals surface area contributed by atoms with E-state index in [1.165, 1.54) is 32.1 Å². The second kappa shape index (κ2) is 4.84. The highest BCUT2D eigenvalue weighted by Crippen LogP contribution is 2.35. The van der Waals surface area contributed by atoms with Gasteiger partial charge in [0.1, 0.15) is 0 Å². The number of carbonyl (C=O) groups excluding carboxylic acids is 1. The molecule has 0 bridgehead atoms. The van der Waals surface area contributed by atoms with Crippen molar-refractivity contribution in [1.82, 2.24) is 10.2 Å². The smallest absolute Gasteiger partial charge is 0.240 e. The topological polar surface area (TPSA) is 32.3 Å². The zero-order valence-corrected chi connectivity index (χ0v) is 11.7. The fourth-order valence-electron chi connectivity index (χ4n) is 3.71. The highest BCUT2D eigenvalue weighted by atomic mass is 16.2. The number of carbonyl (C=O) groups is 1. The van der Waals surface area contributed by atoms with Crippen LogP contribution in [0.3, 0.4) is 0 Å². The molecule has 18 heavy (non-hydrogen) atoms. The van der Waals surface area contributed by atoms with Gasteiger partial charge in [0.25, 0.3) is 0 Å². The summed E-state index contributed by atoms with van der Waals surface area (Å²) in [6.07, 6.45) is 7.39. The van der Waals surface area contributed by atoms with Gasteiger partial charge in [-0.3, -0.25) is 4.79 Å². The van der Waals surface area contributed by atoms with Gasteiger partial charge in [-0.05, 0) is 37.5 Å². The Hall–Kier alpha value is -0.570. The van der Waals surface area contributed by atoms with Gasteiger partial charge < -0.3 is 10.2 Å². The number of rotatable bonds is 3. The lowest BCUT2D eigenvalue weighted by Gasteiger charge is -2.40. The van der Waals surface area contributed by atoms with Crippen LogP contribution >= 0.6 is 0 Å². The molecule has 4 atom stereocenters. The minimum Gasteiger partial charge on any atom is -0.338 e. The first kappa shape index (κ1) is 12.5. The van der Waals surface area contributed by atoms with Gasteiger partial charge in [0.05, 0.1) is 6.04 Å². The third kappa shape index (κ3) is 2.29. The predicted octanol–water partition coefficient (Wildman–Crippen LogP) is 2.16. The van der Waals surface area contributed by atoms with Crippen LogP contribution < -0.4 is 5.32 Å². The van der Waals surface area contributed by atoms with Crippen molar-refractivity contribution in [3.8, 4) is 0 Å². The van der Waals surface area contributed by atoms with Crippen LogP contribution in [0.15, 0.2) is 0 Å². The molecule has 0 radical (unpaired) electrons. The van der Waals surface area contributed by atoms with Crippen molar-refractivity contribution in [3.63, 3.8) is 0 Å². The van der Waals surface area contributed by atoms with Crippen LogP contribution in [0.2, 0.25) is 0 Å². The average molecular weight is 250 g/mol. The Kier molecular flexibility index (Phi) is 3.35. The molecular weight excluding hydrogens is 224 g/mol. The van der Waals surface area contributed by atoms with E-state index in [0.717, 1.165) is 18.9 Å². The molecule has 1 heterocycles. The lowest BCUT2D eigenvalue weighted by Crippen LogP contribution is -2.48. The van der Waals surface area contributed by atoms with E-state index in [2.05, 4.69) is 24.1 Å². The fraction of sp³-hybridized carbons (Fsp3) is 0.933. The molecule has 0 spiro atoms. The third-order valence-corrected chi connectivity index (χ3v) is 5.32. The molecule has 3 nitrogen and oxygen atoms in total. The third-order valence-electron chi connectivity index (χ3n) is 5.32. The van der Waals surface area contributed by atoms with Crippen molar-refractivity contribution >= 4 is 5.91 Å². The number of nitrogens with zero attached hydrogens (tertiary/aromatic N) is 1. The molecular formula is C15H26N2O. The second-order valence-electron chi connectivity index (χ2n) is 6.65. The van der Waals surface area contributed by atoms with E-state index < -0.39 is 0 Å². The Morgan fingerprint density at radius 2 is 1.89 bits per heavy atom. The molecule has 102 valence electrons. The maximum absolute atomic E-state index is 12.5.